The van der Waals surface area contributed by atoms with E-state index in [-0.39, 0.29) is 74.8 Å². The largest absolute Gasteiger partial charge is 0.479 e. The Morgan fingerprint density at radius 3 is 1.43 bits per heavy atom. The molecule has 0 aromatic heterocycles. The van der Waals surface area contributed by atoms with Crippen molar-refractivity contribution >= 4 is 66.4 Å². The number of halogens is 6. The molecule has 2 aliphatic rings. The van der Waals surface area contributed by atoms with E-state index in [0.717, 1.165) is 5.56 Å². The van der Waals surface area contributed by atoms with Crippen molar-refractivity contribution in [1.29, 1.82) is 0 Å². The summed E-state index contributed by atoms with van der Waals surface area (Å²) in [6, 6.07) is 11.6. The summed E-state index contributed by atoms with van der Waals surface area (Å²) in [4.78, 5) is 85.1. The van der Waals surface area contributed by atoms with Crippen LogP contribution in [0.25, 0.3) is 0 Å². The van der Waals surface area contributed by atoms with E-state index in [1.807, 2.05) is 18.2 Å². The molecule has 0 bridgehead atoms. The summed E-state index contributed by atoms with van der Waals surface area (Å²) in [5.41, 5.74) is 11.0. The SMILES string of the molecule is CC(C)(C)OC(=O)NC(C(O)C(=O)O)C(F)(F)C1CCC1.CN(C)C(=O)C(NC(=O)CN)c1ccccc1.CN(C)C(=O)[C@@H](NC(=O)CNC(=O)C(O)C(N)C(F)(F)C1CCC1)c1ccccc1.Cl.Cl. The highest BCUT2D eigenvalue weighted by Crippen LogP contribution is 2.43. The van der Waals surface area contributed by atoms with Gasteiger partial charge in [-0.15, -0.1) is 24.8 Å². The van der Waals surface area contributed by atoms with Crippen molar-refractivity contribution in [3.8, 4) is 0 Å². The summed E-state index contributed by atoms with van der Waals surface area (Å²) in [6.45, 7) is 3.88. The van der Waals surface area contributed by atoms with Crippen LogP contribution in [-0.2, 0) is 33.5 Å². The number of carbonyl (C=O) groups excluding carboxylic acids is 6. The number of amides is 6. The average molecular weight is 1040 g/mol. The molecule has 396 valence electrons. The van der Waals surface area contributed by atoms with Crippen molar-refractivity contribution in [2.24, 2.45) is 23.3 Å². The van der Waals surface area contributed by atoms with E-state index in [1.54, 1.807) is 82.6 Å². The molecule has 2 aromatic carbocycles. The fourth-order valence-electron chi connectivity index (χ4n) is 6.54. The minimum Gasteiger partial charge on any atom is -0.479 e. The van der Waals surface area contributed by atoms with Crippen LogP contribution in [0.15, 0.2) is 60.7 Å². The number of nitrogens with two attached hydrogens (primary N) is 2. The molecular formula is C45H68Cl2F4N8O11. The molecule has 6 atom stereocenters. The quantitative estimate of drug-likeness (QED) is 0.0973. The lowest BCUT2D eigenvalue weighted by Crippen LogP contribution is -2.61. The Bertz CT molecular complexity index is 2000. The van der Waals surface area contributed by atoms with Crippen LogP contribution in [-0.4, -0.2) is 150 Å². The number of ether oxygens (including phenoxy) is 1. The molecule has 70 heavy (non-hydrogen) atoms. The fourth-order valence-corrected chi connectivity index (χ4v) is 6.54. The molecule has 0 radical (unpaired) electrons. The van der Waals surface area contributed by atoms with Gasteiger partial charge in [-0.2, -0.15) is 0 Å². The van der Waals surface area contributed by atoms with Gasteiger partial charge in [0.05, 0.1) is 13.1 Å². The predicted octanol–water partition coefficient (Wildman–Crippen LogP) is 2.67. The number of likely N-dealkylation sites (N-methyl/N-ethyl adjacent to an activating group) is 2. The average Bonchev–Trinajstić information content (AvgIpc) is 3.23. The highest BCUT2D eigenvalue weighted by Gasteiger charge is 2.55. The highest BCUT2D eigenvalue weighted by atomic mass is 35.5. The Labute approximate surface area is 417 Å². The van der Waals surface area contributed by atoms with Crippen LogP contribution >= 0.6 is 24.8 Å². The van der Waals surface area contributed by atoms with Gasteiger partial charge < -0.3 is 62.6 Å². The first-order valence-corrected chi connectivity index (χ1v) is 21.7. The molecule has 0 spiro atoms. The fraction of sp³-hybridized carbons (Fsp3) is 0.578. The zero-order chi connectivity index (χ0) is 51.7. The number of aliphatic hydroxyl groups is 2. The summed E-state index contributed by atoms with van der Waals surface area (Å²) < 4.78 is 61.7. The number of nitrogens with one attached hydrogen (secondary N) is 4. The second kappa shape index (κ2) is 29.1. The first-order valence-electron chi connectivity index (χ1n) is 21.7. The lowest BCUT2D eigenvalue weighted by atomic mass is 9.76. The zero-order valence-electron chi connectivity index (χ0n) is 40.0. The first kappa shape index (κ1) is 64.7. The van der Waals surface area contributed by atoms with Crippen molar-refractivity contribution in [1.82, 2.24) is 31.1 Å². The molecule has 11 N–H and O–H groups in total. The molecule has 0 saturated heterocycles. The number of aliphatic hydroxyl groups excluding tert-OH is 2. The van der Waals surface area contributed by atoms with Gasteiger partial charge in [-0.05, 0) is 57.6 Å². The van der Waals surface area contributed by atoms with Gasteiger partial charge >= 0.3 is 12.1 Å². The zero-order valence-corrected chi connectivity index (χ0v) is 41.7. The third-order valence-electron chi connectivity index (χ3n) is 10.9. The van der Waals surface area contributed by atoms with Crippen molar-refractivity contribution in [2.45, 2.75) is 113 Å². The lowest BCUT2D eigenvalue weighted by Gasteiger charge is -2.39. The molecule has 2 saturated carbocycles. The molecule has 6 amide bonds. The lowest BCUT2D eigenvalue weighted by molar-refractivity contribution is -0.168. The third-order valence-corrected chi connectivity index (χ3v) is 10.9. The minimum atomic E-state index is -3.52. The number of alkyl halides is 4. The molecule has 5 unspecified atom stereocenters. The van der Waals surface area contributed by atoms with Crippen LogP contribution in [0.3, 0.4) is 0 Å². The van der Waals surface area contributed by atoms with E-state index >= 15 is 0 Å². The van der Waals surface area contributed by atoms with Crippen LogP contribution < -0.4 is 32.7 Å². The number of hydrogen-bond acceptors (Lipinski definition) is 12. The maximum Gasteiger partial charge on any atom is 0.408 e. The Kier molecular flexibility index (Phi) is 26.9. The monoisotopic (exact) mass is 1040 g/mol. The maximum absolute atomic E-state index is 14.2. The molecule has 2 aromatic rings. The summed E-state index contributed by atoms with van der Waals surface area (Å²) in [5.74, 6) is -13.6. The number of alkyl carbamates (subject to hydrolysis) is 1. The van der Waals surface area contributed by atoms with Crippen LogP contribution in [0, 0.1) is 11.8 Å². The molecule has 2 aliphatic carbocycles. The summed E-state index contributed by atoms with van der Waals surface area (Å²) in [7, 11) is 6.36. The molecule has 25 heteroatoms. The molecule has 2 fully saturated rings. The number of benzene rings is 2. The summed E-state index contributed by atoms with van der Waals surface area (Å²) >= 11 is 0. The number of carbonyl (C=O) groups is 7. The van der Waals surface area contributed by atoms with E-state index in [0.29, 0.717) is 18.4 Å². The molecule has 0 heterocycles. The minimum absolute atomic E-state index is 0. The van der Waals surface area contributed by atoms with Crippen molar-refractivity contribution in [2.75, 3.05) is 41.3 Å². The van der Waals surface area contributed by atoms with Crippen LogP contribution in [0.5, 0.6) is 0 Å². The van der Waals surface area contributed by atoms with Crippen molar-refractivity contribution in [3.05, 3.63) is 71.8 Å². The molecule has 19 nitrogen and oxygen atoms in total. The number of carboxylic acids is 1. The van der Waals surface area contributed by atoms with Gasteiger partial charge in [0.25, 0.3) is 17.8 Å². The Balaban J connectivity index is 0.00000105. The van der Waals surface area contributed by atoms with Gasteiger partial charge in [-0.3, -0.25) is 24.0 Å². The second-order valence-corrected chi connectivity index (χ2v) is 17.7. The van der Waals surface area contributed by atoms with Crippen LogP contribution in [0.4, 0.5) is 22.4 Å². The normalized spacial score (nSPS) is 16.0. The number of nitrogens with zero attached hydrogens (tertiary/aromatic N) is 2. The van der Waals surface area contributed by atoms with E-state index < -0.39 is 96.1 Å². The smallest absolute Gasteiger partial charge is 0.408 e. The highest BCUT2D eigenvalue weighted by molar-refractivity contribution is 5.92. The summed E-state index contributed by atoms with van der Waals surface area (Å²) in [6.07, 6.45) is -3.46. The standard InChI is InChI=1S/C20H28F2N4O4.C13H21F2NO5.C12H17N3O2.2ClH/c1-26(2)19(30)15(12-7-4-3-5-8-12)25-14(27)11-24-18(29)16(28)17(23)20(21,22)13-9-6-10-13;1-12(2,3)21-11(20)16-9(8(17)10(18)19)13(14,15)7-5-4-6-7;1-15(2)12(17)11(14-10(16)8-13)9-6-4-3-5-7-9;;/h3-5,7-8,13,15-17,28H,6,9-11,23H2,1-2H3,(H,24,29)(H,25,27);7-9,17H,4-6H2,1-3H3,(H,16,20)(H,18,19);3-7,11H,8,13H2,1-2H3,(H,14,16);2*1H/t15-,16?,17?;;;;/m0..../s1. The van der Waals surface area contributed by atoms with Gasteiger partial charge in [0.1, 0.15) is 29.8 Å². The van der Waals surface area contributed by atoms with Gasteiger partial charge in [0.2, 0.25) is 23.6 Å². The van der Waals surface area contributed by atoms with Gasteiger partial charge in [-0.25, -0.2) is 27.2 Å². The van der Waals surface area contributed by atoms with E-state index in [9.17, 15) is 61.3 Å². The number of hydrogen-bond donors (Lipinski definition) is 9. The van der Waals surface area contributed by atoms with Gasteiger partial charge in [-0.1, -0.05) is 73.5 Å². The Hall–Kier alpha value is -5.33. The maximum atomic E-state index is 14.2. The number of rotatable bonds is 18. The number of aliphatic carboxylic acids is 1. The molecular weight excluding hydrogens is 975 g/mol. The second-order valence-electron chi connectivity index (χ2n) is 17.7. The van der Waals surface area contributed by atoms with Gasteiger partial charge in [0.15, 0.2) is 12.2 Å². The Morgan fingerprint density at radius 1 is 0.686 bits per heavy atom. The van der Waals surface area contributed by atoms with E-state index in [4.69, 9.17) is 21.3 Å². The van der Waals surface area contributed by atoms with Crippen LogP contribution in [0.2, 0.25) is 0 Å². The van der Waals surface area contributed by atoms with Gasteiger partial charge in [0, 0.05) is 40.0 Å². The first-order chi connectivity index (χ1) is 31.6. The van der Waals surface area contributed by atoms with Crippen molar-refractivity contribution < 1.29 is 71.2 Å². The topological polar surface area (TPSA) is 296 Å². The van der Waals surface area contributed by atoms with Crippen molar-refractivity contribution in [3.63, 3.8) is 0 Å². The van der Waals surface area contributed by atoms with Crippen LogP contribution in [0.1, 0.15) is 82.5 Å². The third kappa shape index (κ3) is 19.5. The number of carboxylic acid groups (broad SMARTS) is 1. The predicted molar refractivity (Wildman–Crippen MR) is 254 cm³/mol. The summed E-state index contributed by atoms with van der Waals surface area (Å²) in [5, 5.41) is 37.2. The van der Waals surface area contributed by atoms with E-state index in [2.05, 4.69) is 16.0 Å². The molecule has 0 aliphatic heterocycles. The molecule has 4 rings (SSSR count). The van der Waals surface area contributed by atoms with E-state index in [1.165, 1.54) is 23.9 Å². The Morgan fingerprint density at radius 2 is 1.09 bits per heavy atom.